The lowest BCUT2D eigenvalue weighted by molar-refractivity contribution is -0.870. The molecule has 1 N–H and O–H groups in total. The van der Waals surface area contributed by atoms with Crippen molar-refractivity contribution in [1.29, 1.82) is 0 Å². The molecule has 10 heteroatoms. The predicted octanol–water partition coefficient (Wildman–Crippen LogP) is 18.3. The van der Waals surface area contributed by atoms with Crippen molar-refractivity contribution in [2.45, 2.75) is 322 Å². The minimum Gasteiger partial charge on any atom is -0.756 e. The normalized spacial score (nSPS) is 13.8. The number of allylic oxidation sites excluding steroid dienone is 3. The van der Waals surface area contributed by atoms with Gasteiger partial charge in [-0.05, 0) is 57.4 Å². The van der Waals surface area contributed by atoms with Crippen LogP contribution in [0, 0.1) is 0 Å². The molecule has 3 unspecified atom stereocenters. The van der Waals surface area contributed by atoms with E-state index in [1.54, 1.807) is 0 Å². The van der Waals surface area contributed by atoms with Gasteiger partial charge in [0, 0.05) is 12.8 Å². The molecule has 0 bridgehead atoms. The lowest BCUT2D eigenvalue weighted by Gasteiger charge is -2.30. The molecular weight excluding hydrogens is 916 g/mol. The number of phosphoric acid groups is 1. The monoisotopic (exact) mass is 1040 g/mol. The van der Waals surface area contributed by atoms with Crippen molar-refractivity contribution in [3.63, 3.8) is 0 Å². The topological polar surface area (TPSA) is 114 Å². The quantitative estimate of drug-likeness (QED) is 0.0212. The molecule has 0 radical (unpaired) electrons. The van der Waals surface area contributed by atoms with Crippen LogP contribution < -0.4 is 10.2 Å². The number of nitrogens with one attached hydrogen (secondary N) is 1. The molecule has 0 heterocycles. The second kappa shape index (κ2) is 52.9. The Morgan fingerprint density at radius 1 is 0.472 bits per heavy atom. The molecule has 0 spiro atoms. The first-order valence-corrected chi connectivity index (χ1v) is 32.6. The fourth-order valence-electron chi connectivity index (χ4n) is 9.28. The Labute approximate surface area is 447 Å². The van der Waals surface area contributed by atoms with Gasteiger partial charge in [-0.1, -0.05) is 264 Å². The van der Waals surface area contributed by atoms with E-state index in [1.807, 2.05) is 33.3 Å². The minimum absolute atomic E-state index is 0.0191. The average Bonchev–Trinajstić information content (AvgIpc) is 3.34. The highest BCUT2D eigenvalue weighted by Crippen LogP contribution is 2.38. The lowest BCUT2D eigenvalue weighted by Crippen LogP contribution is -2.47. The van der Waals surface area contributed by atoms with Crippen molar-refractivity contribution in [3.05, 3.63) is 24.3 Å². The van der Waals surface area contributed by atoms with E-state index in [4.69, 9.17) is 13.8 Å². The van der Waals surface area contributed by atoms with E-state index in [-0.39, 0.29) is 31.5 Å². The van der Waals surface area contributed by atoms with E-state index in [2.05, 4.69) is 38.2 Å². The van der Waals surface area contributed by atoms with Crippen LogP contribution in [-0.4, -0.2) is 69.4 Å². The number of hydrogen-bond donors (Lipinski definition) is 1. The van der Waals surface area contributed by atoms with Crippen LogP contribution in [-0.2, 0) is 27.9 Å². The zero-order chi connectivity index (χ0) is 52.9. The first kappa shape index (κ1) is 70.5. The van der Waals surface area contributed by atoms with Crippen molar-refractivity contribution in [2.75, 3.05) is 40.9 Å². The van der Waals surface area contributed by atoms with Gasteiger partial charge in [0.1, 0.15) is 19.3 Å². The van der Waals surface area contributed by atoms with Crippen LogP contribution in [0.1, 0.15) is 310 Å². The molecule has 0 rings (SSSR count). The number of ether oxygens (including phenoxy) is 1. The van der Waals surface area contributed by atoms with E-state index >= 15 is 0 Å². The van der Waals surface area contributed by atoms with Gasteiger partial charge in [-0.2, -0.15) is 0 Å². The Bertz CT molecular complexity index is 1290. The van der Waals surface area contributed by atoms with Crippen LogP contribution in [0.25, 0.3) is 0 Å². The van der Waals surface area contributed by atoms with Crippen LogP contribution in [0.2, 0.25) is 0 Å². The minimum atomic E-state index is -4.69. The first-order chi connectivity index (χ1) is 34.9. The van der Waals surface area contributed by atoms with Gasteiger partial charge >= 0.3 is 5.97 Å². The second-order valence-electron chi connectivity index (χ2n) is 22.6. The van der Waals surface area contributed by atoms with Gasteiger partial charge in [0.25, 0.3) is 7.82 Å². The Morgan fingerprint density at radius 3 is 1.18 bits per heavy atom. The smallest absolute Gasteiger partial charge is 0.306 e. The molecule has 1 amide bonds. The number of phosphoric ester groups is 1. The summed E-state index contributed by atoms with van der Waals surface area (Å²) in [6.07, 6.45) is 61.3. The molecule has 426 valence electrons. The van der Waals surface area contributed by atoms with Gasteiger partial charge in [0.05, 0.1) is 33.8 Å². The maximum Gasteiger partial charge on any atom is 0.306 e. The van der Waals surface area contributed by atoms with Crippen LogP contribution >= 0.6 is 7.82 Å². The van der Waals surface area contributed by atoms with Crippen LogP contribution in [0.4, 0.5) is 0 Å². The zero-order valence-corrected chi connectivity index (χ0v) is 49.6. The number of hydrogen-bond acceptors (Lipinski definition) is 7. The van der Waals surface area contributed by atoms with Crippen molar-refractivity contribution in [1.82, 2.24) is 5.32 Å². The van der Waals surface area contributed by atoms with Gasteiger partial charge in [-0.15, -0.1) is 0 Å². The standard InChI is InChI=1S/C62H121N2O7P/c1-7-10-13-16-19-22-25-28-30-31-32-33-34-36-39-42-45-48-51-54-61(65)63-59(58-70-72(67,68)69-57-56-64(4,5)6)60(53-50-47-44-41-38-35-27-24-21-18-15-12-9-3)71-62(66)55-52-49-46-43-40-37-29-26-23-20-17-14-11-8-2/h28,30,50,53,59-60H,7-27,29,31-49,51-52,54-58H2,1-6H3,(H-,63,65,67,68)/b30-28+,53-50-. The molecule has 3 atom stereocenters. The molecule has 72 heavy (non-hydrogen) atoms. The number of esters is 1. The third-order valence-corrected chi connectivity index (χ3v) is 15.1. The van der Waals surface area contributed by atoms with Gasteiger partial charge < -0.3 is 28.5 Å². The molecule has 0 aromatic heterocycles. The molecule has 0 aromatic carbocycles. The van der Waals surface area contributed by atoms with Gasteiger partial charge in [0.15, 0.2) is 0 Å². The van der Waals surface area contributed by atoms with Crippen molar-refractivity contribution in [2.24, 2.45) is 0 Å². The highest BCUT2D eigenvalue weighted by Gasteiger charge is 2.27. The number of likely N-dealkylation sites (N-methyl/N-ethyl adjacent to an activating group) is 1. The number of carbonyl (C=O) groups is 2. The molecular formula is C62H121N2O7P. The van der Waals surface area contributed by atoms with E-state index in [1.165, 1.54) is 218 Å². The number of carbonyl (C=O) groups excluding carboxylic acids is 2. The summed E-state index contributed by atoms with van der Waals surface area (Å²) in [6.45, 7) is 6.88. The Kier molecular flexibility index (Phi) is 51.8. The summed E-state index contributed by atoms with van der Waals surface area (Å²) in [5, 5.41) is 3.03. The van der Waals surface area contributed by atoms with E-state index in [0.717, 1.165) is 57.8 Å². The van der Waals surface area contributed by atoms with Crippen molar-refractivity contribution >= 4 is 19.7 Å². The molecule has 0 aliphatic carbocycles. The predicted molar refractivity (Wildman–Crippen MR) is 307 cm³/mol. The molecule has 0 aliphatic heterocycles. The Hall–Kier alpha value is -1.51. The van der Waals surface area contributed by atoms with E-state index in [9.17, 15) is 19.0 Å². The number of rotatable bonds is 57. The van der Waals surface area contributed by atoms with Gasteiger partial charge in [-0.25, -0.2) is 0 Å². The van der Waals surface area contributed by atoms with Crippen LogP contribution in [0.3, 0.4) is 0 Å². The first-order valence-electron chi connectivity index (χ1n) is 31.1. The van der Waals surface area contributed by atoms with Gasteiger partial charge in [0.2, 0.25) is 5.91 Å². The number of unbranched alkanes of at least 4 members (excludes halogenated alkanes) is 39. The molecule has 0 aromatic rings. The highest BCUT2D eigenvalue weighted by molar-refractivity contribution is 7.45. The summed E-state index contributed by atoms with van der Waals surface area (Å²) < 4.78 is 30.3. The van der Waals surface area contributed by atoms with Crippen molar-refractivity contribution < 1.29 is 37.3 Å². The second-order valence-corrected chi connectivity index (χ2v) is 24.0. The molecule has 0 fully saturated rings. The van der Waals surface area contributed by atoms with E-state index in [0.29, 0.717) is 17.4 Å². The summed E-state index contributed by atoms with van der Waals surface area (Å²) in [7, 11) is 1.20. The highest BCUT2D eigenvalue weighted by atomic mass is 31.2. The van der Waals surface area contributed by atoms with Gasteiger partial charge in [-0.3, -0.25) is 14.2 Å². The van der Waals surface area contributed by atoms with Crippen LogP contribution in [0.15, 0.2) is 24.3 Å². The molecule has 9 nitrogen and oxygen atoms in total. The summed E-state index contributed by atoms with van der Waals surface area (Å²) >= 11 is 0. The summed E-state index contributed by atoms with van der Waals surface area (Å²) in [5.74, 6) is -0.527. The summed E-state index contributed by atoms with van der Waals surface area (Å²) in [6, 6.07) is -0.883. The molecule has 0 saturated heterocycles. The summed E-state index contributed by atoms with van der Waals surface area (Å²) in [5.41, 5.74) is 0. The largest absolute Gasteiger partial charge is 0.756 e. The number of quaternary nitrogens is 1. The van der Waals surface area contributed by atoms with Crippen molar-refractivity contribution in [3.8, 4) is 0 Å². The van der Waals surface area contributed by atoms with E-state index < -0.39 is 20.0 Å². The van der Waals surface area contributed by atoms with Crippen LogP contribution in [0.5, 0.6) is 0 Å². The molecule has 0 aliphatic rings. The Balaban J connectivity index is 5.25. The maximum atomic E-state index is 13.5. The fraction of sp³-hybridized carbons (Fsp3) is 0.903. The fourth-order valence-corrected chi connectivity index (χ4v) is 10.0. The third kappa shape index (κ3) is 53.3. The summed E-state index contributed by atoms with van der Waals surface area (Å²) in [4.78, 5) is 40.0. The maximum absolute atomic E-state index is 13.5. The Morgan fingerprint density at radius 2 is 0.806 bits per heavy atom. The third-order valence-electron chi connectivity index (χ3n) is 14.1. The zero-order valence-electron chi connectivity index (χ0n) is 48.7. The number of amides is 1. The lowest BCUT2D eigenvalue weighted by atomic mass is 10.0. The number of nitrogens with zero attached hydrogens (tertiary/aromatic N) is 1. The molecule has 0 saturated carbocycles. The SMILES string of the molecule is CCCCCCCC/C=C/CCCCCCCCCCCC(=O)NC(COP(=O)([O-])OCC[N+](C)(C)C)C(/C=C\CCCCCCCCCCCCC)OC(=O)CCCCCCCCCCCCCCCC. The average molecular weight is 1040 g/mol.